The Labute approximate surface area is 218 Å². The fourth-order valence-corrected chi connectivity index (χ4v) is 6.37. The Hall–Kier alpha value is -2.68. The summed E-state index contributed by atoms with van der Waals surface area (Å²) in [6, 6.07) is 3.60. The summed E-state index contributed by atoms with van der Waals surface area (Å²) < 4.78 is 38.8. The van der Waals surface area contributed by atoms with Crippen LogP contribution < -0.4 is 10.5 Å². The zero-order valence-electron chi connectivity index (χ0n) is 20.3. The number of aryl methyl sites for hydroxylation is 2. The zero-order valence-corrected chi connectivity index (χ0v) is 22.0. The van der Waals surface area contributed by atoms with E-state index in [0.29, 0.717) is 35.7 Å². The number of nitrogens with two attached hydrogens (primary N) is 1. The van der Waals surface area contributed by atoms with Crippen LogP contribution in [-0.2, 0) is 25.6 Å². The van der Waals surface area contributed by atoms with Gasteiger partial charge in [0.1, 0.15) is 29.8 Å². The van der Waals surface area contributed by atoms with E-state index in [1.807, 2.05) is 26.0 Å². The van der Waals surface area contributed by atoms with E-state index in [1.165, 1.54) is 23.9 Å². The monoisotopic (exact) mass is 548 g/mol. The van der Waals surface area contributed by atoms with Crippen molar-refractivity contribution >= 4 is 33.2 Å². The molecular formula is C24H28N4O7S2. The van der Waals surface area contributed by atoms with E-state index in [0.717, 1.165) is 33.9 Å². The number of rotatable bonds is 8. The van der Waals surface area contributed by atoms with Gasteiger partial charge in [-0.05, 0) is 44.4 Å². The molecule has 0 spiro atoms. The SMILES string of the molecule is Cc1cc2c(o1)CCOC2c1cc(C(=O)c2cncnc2N[C@@H]2C[C@H](COS(N)(=O)=O)[C@@H](O)C2)sc1C. The van der Waals surface area contributed by atoms with E-state index in [9.17, 15) is 18.3 Å². The summed E-state index contributed by atoms with van der Waals surface area (Å²) >= 11 is 1.38. The van der Waals surface area contributed by atoms with E-state index in [2.05, 4.69) is 19.5 Å². The second kappa shape index (κ2) is 10.2. The number of aliphatic hydroxyl groups excluding tert-OH is 1. The maximum absolute atomic E-state index is 13.6. The second-order valence-electron chi connectivity index (χ2n) is 9.39. The number of nitrogens with one attached hydrogen (secondary N) is 1. The fraction of sp³-hybridized carbons (Fsp3) is 0.458. The van der Waals surface area contributed by atoms with E-state index in [-0.39, 0.29) is 24.5 Å². The number of thiophene rings is 1. The van der Waals surface area contributed by atoms with E-state index in [1.54, 1.807) is 0 Å². The quantitative estimate of drug-likeness (QED) is 0.356. The molecule has 1 fully saturated rings. The molecule has 1 aliphatic heterocycles. The third-order valence-corrected chi connectivity index (χ3v) is 8.25. The van der Waals surface area contributed by atoms with Gasteiger partial charge >= 0.3 is 10.3 Å². The van der Waals surface area contributed by atoms with Gasteiger partial charge in [0.05, 0.1) is 29.8 Å². The van der Waals surface area contributed by atoms with E-state index >= 15 is 0 Å². The lowest BCUT2D eigenvalue weighted by Crippen LogP contribution is -2.24. The molecule has 11 nitrogen and oxygen atoms in total. The van der Waals surface area contributed by atoms with Gasteiger partial charge in [-0.2, -0.15) is 8.42 Å². The van der Waals surface area contributed by atoms with Crippen molar-refractivity contribution in [2.24, 2.45) is 11.1 Å². The van der Waals surface area contributed by atoms with Crippen molar-refractivity contribution < 1.29 is 31.7 Å². The van der Waals surface area contributed by atoms with E-state index < -0.39 is 22.3 Å². The fourth-order valence-electron chi connectivity index (χ4n) is 5.00. The van der Waals surface area contributed by atoms with Crippen molar-refractivity contribution in [3.05, 3.63) is 62.6 Å². The first-order valence-electron chi connectivity index (χ1n) is 11.9. The largest absolute Gasteiger partial charge is 0.466 e. The molecule has 0 amide bonds. The van der Waals surface area contributed by atoms with Crippen LogP contribution in [0, 0.1) is 19.8 Å². The molecule has 0 radical (unpaired) electrons. The predicted octanol–water partition coefficient (Wildman–Crippen LogP) is 2.41. The minimum Gasteiger partial charge on any atom is -0.466 e. The lowest BCUT2D eigenvalue weighted by atomic mass is 9.98. The summed E-state index contributed by atoms with van der Waals surface area (Å²) in [4.78, 5) is 23.4. The Kier molecular flexibility index (Phi) is 7.18. The van der Waals surface area contributed by atoms with Crippen LogP contribution in [0.3, 0.4) is 0 Å². The number of hydrogen-bond donors (Lipinski definition) is 3. The number of aromatic nitrogens is 2. The van der Waals surface area contributed by atoms with E-state index in [4.69, 9.17) is 14.3 Å². The number of aliphatic hydroxyl groups is 1. The van der Waals surface area contributed by atoms with Gasteiger partial charge in [-0.3, -0.25) is 8.98 Å². The summed E-state index contributed by atoms with van der Waals surface area (Å²) in [6.45, 7) is 4.20. The maximum Gasteiger partial charge on any atom is 0.333 e. The minimum atomic E-state index is -4.09. The Morgan fingerprint density at radius 3 is 2.89 bits per heavy atom. The molecule has 0 bridgehead atoms. The van der Waals surface area contributed by atoms with Crippen LogP contribution in [0.4, 0.5) is 5.82 Å². The Morgan fingerprint density at radius 2 is 2.11 bits per heavy atom. The molecular weight excluding hydrogens is 520 g/mol. The number of anilines is 1. The molecule has 4 atom stereocenters. The highest BCUT2D eigenvalue weighted by atomic mass is 32.2. The molecule has 4 N–H and O–H groups in total. The van der Waals surface area contributed by atoms with Gasteiger partial charge in [0.15, 0.2) is 0 Å². The van der Waals surface area contributed by atoms with Gasteiger partial charge < -0.3 is 19.6 Å². The second-order valence-corrected chi connectivity index (χ2v) is 11.9. The zero-order chi connectivity index (χ0) is 26.3. The average molecular weight is 549 g/mol. The number of carbonyl (C=O) groups is 1. The number of nitrogens with zero attached hydrogens (tertiary/aromatic N) is 2. The Morgan fingerprint density at radius 1 is 1.30 bits per heavy atom. The standard InChI is InChI=1S/C24H28N4O7S2/c1-12-5-17-20(35-12)3-4-33-23(17)16-8-21(36-13(16)2)22(30)18-9-26-11-27-24(18)28-15-6-14(19(29)7-15)10-34-37(25,31)32/h5,8-9,11,14-15,19,23,29H,3-4,6-7,10H2,1-2H3,(H2,25,31,32)(H,26,27,28)/t14-,15-,19+,23?/m1/s1. The molecule has 0 aromatic carbocycles. The molecule has 13 heteroatoms. The number of hydrogen-bond acceptors (Lipinski definition) is 11. The summed E-state index contributed by atoms with van der Waals surface area (Å²) in [5.41, 5.74) is 2.23. The van der Waals surface area contributed by atoms with Gasteiger partial charge in [0, 0.05) is 35.0 Å². The molecule has 1 unspecified atom stereocenters. The van der Waals surface area contributed by atoms with Crippen molar-refractivity contribution in [3.8, 4) is 0 Å². The number of carbonyl (C=O) groups excluding carboxylic acids is 1. The first-order valence-corrected chi connectivity index (χ1v) is 14.2. The maximum atomic E-state index is 13.6. The van der Waals surface area contributed by atoms with Gasteiger partial charge in [-0.1, -0.05) is 0 Å². The van der Waals surface area contributed by atoms with Crippen molar-refractivity contribution in [2.75, 3.05) is 18.5 Å². The average Bonchev–Trinajstić information content (AvgIpc) is 3.52. The summed E-state index contributed by atoms with van der Waals surface area (Å²) in [5, 5.41) is 18.5. The smallest absolute Gasteiger partial charge is 0.333 e. The summed E-state index contributed by atoms with van der Waals surface area (Å²) in [7, 11) is -4.09. The van der Waals surface area contributed by atoms with Crippen molar-refractivity contribution in [2.45, 2.75) is 51.4 Å². The number of fused-ring (bicyclic) bond motifs is 1. The van der Waals surface area contributed by atoms with Crippen LogP contribution in [0.15, 0.2) is 29.1 Å². The molecule has 3 aromatic heterocycles. The van der Waals surface area contributed by atoms with Gasteiger partial charge in [0.2, 0.25) is 5.78 Å². The molecule has 3 aromatic rings. The van der Waals surface area contributed by atoms with Crippen molar-refractivity contribution in [1.29, 1.82) is 0 Å². The minimum absolute atomic E-state index is 0.216. The first-order chi connectivity index (χ1) is 17.6. The molecule has 2 aliphatic rings. The van der Waals surface area contributed by atoms with Crippen molar-refractivity contribution in [1.82, 2.24) is 9.97 Å². The molecule has 0 saturated heterocycles. The highest BCUT2D eigenvalue weighted by Crippen LogP contribution is 2.39. The highest BCUT2D eigenvalue weighted by molar-refractivity contribution is 7.84. The summed E-state index contributed by atoms with van der Waals surface area (Å²) in [5.74, 6) is 1.44. The third kappa shape index (κ3) is 5.61. The molecule has 5 rings (SSSR count). The summed E-state index contributed by atoms with van der Waals surface area (Å²) in [6.07, 6.45) is 3.21. The van der Waals surface area contributed by atoms with Crippen LogP contribution in [0.1, 0.15) is 61.7 Å². The normalized spacial score (nSPS) is 23.7. The van der Waals surface area contributed by atoms with Gasteiger partial charge in [0.25, 0.3) is 0 Å². The van der Waals surface area contributed by atoms with Gasteiger partial charge in [-0.25, -0.2) is 15.1 Å². The van der Waals surface area contributed by atoms with Crippen molar-refractivity contribution in [3.63, 3.8) is 0 Å². The molecule has 1 aliphatic carbocycles. The lowest BCUT2D eigenvalue weighted by molar-refractivity contribution is 0.0642. The van der Waals surface area contributed by atoms with Gasteiger partial charge in [-0.15, -0.1) is 11.3 Å². The molecule has 37 heavy (non-hydrogen) atoms. The number of ether oxygens (including phenoxy) is 1. The predicted molar refractivity (Wildman–Crippen MR) is 135 cm³/mol. The van der Waals surface area contributed by atoms with Crippen LogP contribution >= 0.6 is 11.3 Å². The van der Waals surface area contributed by atoms with Crippen LogP contribution in [0.25, 0.3) is 0 Å². The highest BCUT2D eigenvalue weighted by Gasteiger charge is 2.35. The number of furan rings is 1. The topological polar surface area (TPSA) is 167 Å². The van der Waals surface area contributed by atoms with Crippen LogP contribution in [-0.4, -0.2) is 54.6 Å². The lowest BCUT2D eigenvalue weighted by Gasteiger charge is -2.22. The molecule has 4 heterocycles. The Bertz CT molecular complexity index is 1420. The molecule has 1 saturated carbocycles. The molecule has 198 valence electrons. The number of ketones is 1. The van der Waals surface area contributed by atoms with Crippen LogP contribution in [0.5, 0.6) is 0 Å². The third-order valence-electron chi connectivity index (χ3n) is 6.73. The Balaban J connectivity index is 1.34. The van der Waals surface area contributed by atoms with Crippen LogP contribution in [0.2, 0.25) is 0 Å². The first kappa shape index (κ1) is 25.9.